The van der Waals surface area contributed by atoms with E-state index >= 15 is 0 Å². The molecule has 0 spiro atoms. The summed E-state index contributed by atoms with van der Waals surface area (Å²) < 4.78 is 11.2. The highest BCUT2D eigenvalue weighted by atomic mass is 32.1. The van der Waals surface area contributed by atoms with Crippen LogP contribution in [0.2, 0.25) is 0 Å². The van der Waals surface area contributed by atoms with Gasteiger partial charge in [0.05, 0.1) is 16.7 Å². The van der Waals surface area contributed by atoms with Gasteiger partial charge >= 0.3 is 0 Å². The van der Waals surface area contributed by atoms with Gasteiger partial charge in [-0.2, -0.15) is 0 Å². The Labute approximate surface area is 344 Å². The predicted octanol–water partition coefficient (Wildman–Crippen LogP) is 16.0. The molecular weight excluding hydrogens is 739 g/mol. The summed E-state index contributed by atoms with van der Waals surface area (Å²) in [6.07, 6.45) is 0. The van der Waals surface area contributed by atoms with E-state index in [-0.39, 0.29) is 0 Å². The summed E-state index contributed by atoms with van der Waals surface area (Å²) in [4.78, 5) is 4.75. The van der Waals surface area contributed by atoms with Crippen LogP contribution < -0.4 is 9.80 Å². The largest absolute Gasteiger partial charge is 0.456 e. The number of aromatic nitrogens is 1. The van der Waals surface area contributed by atoms with Gasteiger partial charge in [0, 0.05) is 81.9 Å². The summed E-state index contributed by atoms with van der Waals surface area (Å²) in [6.45, 7) is 0. The number of hydrogen-bond acceptors (Lipinski definition) is 4. The number of anilines is 6. The average Bonchev–Trinajstić information content (AvgIpc) is 3.97. The minimum absolute atomic E-state index is 0.876. The maximum Gasteiger partial charge on any atom is 0.137 e. The summed E-state index contributed by atoms with van der Waals surface area (Å²) in [5, 5.41) is 7.19. The maximum atomic E-state index is 6.37. The van der Waals surface area contributed by atoms with Crippen LogP contribution in [0.1, 0.15) is 0 Å². The maximum absolute atomic E-state index is 6.37. The number of para-hydroxylation sites is 5. The van der Waals surface area contributed by atoms with Gasteiger partial charge < -0.3 is 18.8 Å². The van der Waals surface area contributed by atoms with Gasteiger partial charge in [-0.05, 0) is 97.1 Å². The summed E-state index contributed by atoms with van der Waals surface area (Å²) in [6, 6.07) is 76.1. The van der Waals surface area contributed by atoms with Crippen LogP contribution in [-0.4, -0.2) is 4.57 Å². The first-order chi connectivity index (χ1) is 29.3. The van der Waals surface area contributed by atoms with Gasteiger partial charge in [0.2, 0.25) is 0 Å². The van der Waals surface area contributed by atoms with E-state index < -0.39 is 0 Å². The van der Waals surface area contributed by atoms with Crippen molar-refractivity contribution < 1.29 is 4.42 Å². The molecule has 12 rings (SSSR count). The van der Waals surface area contributed by atoms with Crippen LogP contribution in [-0.2, 0) is 0 Å². The molecule has 0 unspecified atom stereocenters. The molecule has 59 heavy (non-hydrogen) atoms. The quantitative estimate of drug-likeness (QED) is 0.161. The minimum Gasteiger partial charge on any atom is -0.456 e. The Morgan fingerprint density at radius 3 is 1.71 bits per heavy atom. The SMILES string of the molecule is c1ccc(N(c2ccc3c(c2)oc2ccccc23)c2ccc3c(c2)sc2cccc(N(c4ccccc4)c4ccc5c6ccccc6n(-c6ccccc6)c5c4)c23)cc1. The molecule has 0 fully saturated rings. The second kappa shape index (κ2) is 13.5. The lowest BCUT2D eigenvalue weighted by Crippen LogP contribution is -2.10. The Balaban J connectivity index is 1.04. The second-order valence-electron chi connectivity index (χ2n) is 14.9. The van der Waals surface area contributed by atoms with Crippen LogP contribution in [0.4, 0.5) is 34.1 Å². The number of thiophene rings is 1. The Morgan fingerprint density at radius 1 is 0.356 bits per heavy atom. The van der Waals surface area contributed by atoms with Crippen LogP contribution in [0.15, 0.2) is 217 Å². The Morgan fingerprint density at radius 2 is 0.932 bits per heavy atom. The Kier molecular flexibility index (Phi) is 7.68. The van der Waals surface area contributed by atoms with Crippen molar-refractivity contribution in [1.82, 2.24) is 4.57 Å². The summed E-state index contributed by atoms with van der Waals surface area (Å²) in [5.41, 5.74) is 11.9. The van der Waals surface area contributed by atoms with Crippen LogP contribution in [0.3, 0.4) is 0 Å². The molecule has 4 nitrogen and oxygen atoms in total. The smallest absolute Gasteiger partial charge is 0.137 e. The third-order valence-corrected chi connectivity index (χ3v) is 12.7. The molecule has 3 heterocycles. The predicted molar refractivity (Wildman–Crippen MR) is 250 cm³/mol. The molecule has 0 bridgehead atoms. The lowest BCUT2D eigenvalue weighted by Gasteiger charge is -2.27. The summed E-state index contributed by atoms with van der Waals surface area (Å²) in [7, 11) is 0. The molecule has 0 atom stereocenters. The van der Waals surface area contributed by atoms with Crippen molar-refractivity contribution in [2.24, 2.45) is 0 Å². The fourth-order valence-corrected chi connectivity index (χ4v) is 10.1. The fraction of sp³-hybridized carbons (Fsp3) is 0. The van der Waals surface area contributed by atoms with Gasteiger partial charge in [0.1, 0.15) is 11.2 Å². The molecular formula is C54H35N3OS. The van der Waals surface area contributed by atoms with Crippen molar-refractivity contribution in [2.45, 2.75) is 0 Å². The molecule has 0 radical (unpaired) electrons. The van der Waals surface area contributed by atoms with Crippen LogP contribution >= 0.6 is 11.3 Å². The molecule has 0 aliphatic rings. The highest BCUT2D eigenvalue weighted by Crippen LogP contribution is 2.48. The van der Waals surface area contributed by atoms with Gasteiger partial charge in [-0.25, -0.2) is 0 Å². The third-order valence-electron chi connectivity index (χ3n) is 11.5. The first kappa shape index (κ1) is 33.5. The second-order valence-corrected chi connectivity index (χ2v) is 16.0. The van der Waals surface area contributed by atoms with Crippen LogP contribution in [0, 0.1) is 0 Å². The molecule has 0 amide bonds. The lowest BCUT2D eigenvalue weighted by molar-refractivity contribution is 0.669. The molecule has 278 valence electrons. The van der Waals surface area contributed by atoms with E-state index in [2.05, 4.69) is 215 Å². The number of rotatable bonds is 7. The molecule has 0 aliphatic heterocycles. The van der Waals surface area contributed by atoms with E-state index in [4.69, 9.17) is 4.42 Å². The normalized spacial score (nSPS) is 11.7. The van der Waals surface area contributed by atoms with Gasteiger partial charge in [-0.3, -0.25) is 0 Å². The molecule has 12 aromatic rings. The molecule has 3 aromatic heterocycles. The van der Waals surface area contributed by atoms with E-state index in [1.165, 1.54) is 42.0 Å². The zero-order chi connectivity index (χ0) is 38.9. The first-order valence-corrected chi connectivity index (χ1v) is 20.7. The molecule has 0 aliphatic carbocycles. The van der Waals surface area contributed by atoms with Crippen molar-refractivity contribution in [1.29, 1.82) is 0 Å². The van der Waals surface area contributed by atoms with Crippen LogP contribution in [0.25, 0.3) is 69.6 Å². The zero-order valence-electron chi connectivity index (χ0n) is 31.9. The van der Waals surface area contributed by atoms with Crippen LogP contribution in [0.5, 0.6) is 0 Å². The Bertz CT molecular complexity index is 3510. The summed E-state index contributed by atoms with van der Waals surface area (Å²) in [5.74, 6) is 0. The molecule has 0 N–H and O–H groups in total. The number of fused-ring (bicyclic) bond motifs is 9. The number of furan rings is 1. The van der Waals surface area contributed by atoms with Crippen molar-refractivity contribution in [3.8, 4) is 5.69 Å². The monoisotopic (exact) mass is 773 g/mol. The fourth-order valence-electron chi connectivity index (χ4n) is 8.96. The highest BCUT2D eigenvalue weighted by Gasteiger charge is 2.22. The van der Waals surface area contributed by atoms with Gasteiger partial charge in [-0.15, -0.1) is 11.3 Å². The van der Waals surface area contributed by atoms with E-state index in [1.807, 2.05) is 23.5 Å². The molecule has 0 saturated heterocycles. The Hall–Kier alpha value is -7.60. The standard InChI is InChI=1S/C54H35N3OS/c1-4-15-36(16-5-1)55(40-28-31-45-44-22-11-13-25-50(44)58-51(45)34-40)41-29-32-46-53(35-41)59-52-26-14-24-48(54(46)52)56(37-17-6-2-7-18-37)39-27-30-43-42-21-10-12-23-47(42)57(49(43)33-39)38-19-8-3-9-20-38/h1-35H. The minimum atomic E-state index is 0.876. The van der Waals surface area contributed by atoms with Crippen molar-refractivity contribution in [3.63, 3.8) is 0 Å². The van der Waals surface area contributed by atoms with E-state index in [1.54, 1.807) is 0 Å². The zero-order valence-corrected chi connectivity index (χ0v) is 32.7. The average molecular weight is 774 g/mol. The molecule has 9 aromatic carbocycles. The number of benzene rings is 9. The van der Waals surface area contributed by atoms with Gasteiger partial charge in [0.25, 0.3) is 0 Å². The first-order valence-electron chi connectivity index (χ1n) is 19.9. The van der Waals surface area contributed by atoms with Crippen molar-refractivity contribution in [3.05, 3.63) is 212 Å². The molecule has 0 saturated carbocycles. The summed E-state index contributed by atoms with van der Waals surface area (Å²) >= 11 is 1.84. The van der Waals surface area contributed by atoms with E-state index in [9.17, 15) is 0 Å². The van der Waals surface area contributed by atoms with E-state index in [0.29, 0.717) is 0 Å². The van der Waals surface area contributed by atoms with Crippen molar-refractivity contribution in [2.75, 3.05) is 9.80 Å². The van der Waals surface area contributed by atoms with Gasteiger partial charge in [-0.1, -0.05) is 109 Å². The van der Waals surface area contributed by atoms with E-state index in [0.717, 1.165) is 61.8 Å². The number of nitrogens with zero attached hydrogens (tertiary/aromatic N) is 3. The topological polar surface area (TPSA) is 24.6 Å². The van der Waals surface area contributed by atoms with Gasteiger partial charge in [0.15, 0.2) is 0 Å². The van der Waals surface area contributed by atoms with Crippen molar-refractivity contribution >= 4 is 109 Å². The molecule has 5 heteroatoms. The highest BCUT2D eigenvalue weighted by molar-refractivity contribution is 7.26. The number of hydrogen-bond donors (Lipinski definition) is 0. The lowest BCUT2D eigenvalue weighted by atomic mass is 10.1. The third kappa shape index (κ3) is 5.43.